The van der Waals surface area contributed by atoms with Crippen LogP contribution in [-0.2, 0) is 4.74 Å². The van der Waals surface area contributed by atoms with Gasteiger partial charge in [-0.05, 0) is 0 Å². The van der Waals surface area contributed by atoms with E-state index in [2.05, 4.69) is 15.0 Å². The fourth-order valence-corrected chi connectivity index (χ4v) is 2.17. The lowest BCUT2D eigenvalue weighted by Gasteiger charge is -2.16. The summed E-state index contributed by atoms with van der Waals surface area (Å²) in [6.07, 6.45) is -1.42. The summed E-state index contributed by atoms with van der Waals surface area (Å²) in [5.74, 6) is 0.218. The molecular weight excluding hydrogens is 256 g/mol. The minimum absolute atomic E-state index is 0.218. The van der Waals surface area contributed by atoms with Gasteiger partial charge in [-0.1, -0.05) is 0 Å². The molecule has 5 N–H and O–H groups in total. The van der Waals surface area contributed by atoms with Crippen LogP contribution in [0.2, 0.25) is 0 Å². The minimum Gasteiger partial charge on any atom is -0.394 e. The second-order valence-corrected chi connectivity index (χ2v) is 4.31. The number of imidazole rings is 1. The summed E-state index contributed by atoms with van der Waals surface area (Å²) < 4.78 is 6.85. The standard InChI is InChI=1S/C10H13N5O4/c11-8-5-9(13-2-12-8)15(3-14-5)10-7(18)6(17)4(1-16)19-10/h2-4,6-7,10,16-18H,1H2,(H2,11,12,13)/t4-,6-,7-,10-/m1/s1/i18+2. The fraction of sp³-hybridized carbons (Fsp3) is 0.500. The van der Waals surface area contributed by atoms with E-state index in [1.807, 2.05) is 0 Å². The quantitative estimate of drug-likeness (QED) is 0.460. The summed E-state index contributed by atoms with van der Waals surface area (Å²) in [5.41, 5.74) is 6.44. The predicted octanol–water partition coefficient (Wildman–Crippen LogP) is -1.98. The molecule has 3 heterocycles. The number of aliphatic hydroxyl groups excluding tert-OH is 3. The van der Waals surface area contributed by atoms with E-state index in [9.17, 15) is 10.2 Å². The molecule has 19 heavy (non-hydrogen) atoms. The smallest absolute Gasteiger partial charge is 0.167 e. The average molecular weight is 269 g/mol. The van der Waals surface area contributed by atoms with E-state index in [4.69, 9.17) is 15.6 Å². The first-order chi connectivity index (χ1) is 9.13. The number of ether oxygens (including phenoxy) is 1. The van der Waals surface area contributed by atoms with Crippen LogP contribution in [0.4, 0.5) is 5.82 Å². The largest absolute Gasteiger partial charge is 0.394 e. The molecule has 0 bridgehead atoms. The number of hydrogen-bond donors (Lipinski definition) is 4. The van der Waals surface area contributed by atoms with Gasteiger partial charge in [0.15, 0.2) is 17.7 Å². The van der Waals surface area contributed by atoms with Gasteiger partial charge in [0.2, 0.25) is 0 Å². The van der Waals surface area contributed by atoms with E-state index in [1.54, 1.807) is 0 Å². The molecule has 0 saturated carbocycles. The lowest BCUT2D eigenvalue weighted by atomic mass is 10.1. The van der Waals surface area contributed by atoms with Crippen molar-refractivity contribution in [3.63, 3.8) is 0 Å². The van der Waals surface area contributed by atoms with Gasteiger partial charge < -0.3 is 25.8 Å². The molecule has 1 aliphatic heterocycles. The third-order valence-corrected chi connectivity index (χ3v) is 3.18. The molecule has 2 aromatic heterocycles. The topological polar surface area (TPSA) is 140 Å². The number of fused-ring (bicyclic) bond motifs is 1. The molecule has 0 spiro atoms. The van der Waals surface area contributed by atoms with E-state index in [1.165, 1.54) is 17.2 Å². The molecule has 9 nitrogen and oxygen atoms in total. The summed E-state index contributed by atoms with van der Waals surface area (Å²) in [5, 5.41) is 28.7. The number of nitrogens with zero attached hydrogens (tertiary/aromatic N) is 4. The Labute approximate surface area is 107 Å². The number of aliphatic hydroxyl groups is 3. The van der Waals surface area contributed by atoms with Crippen molar-refractivity contribution >= 4 is 17.0 Å². The van der Waals surface area contributed by atoms with Crippen molar-refractivity contribution in [2.45, 2.75) is 24.5 Å². The van der Waals surface area contributed by atoms with E-state index < -0.39 is 31.1 Å². The van der Waals surface area contributed by atoms with Crippen LogP contribution < -0.4 is 5.73 Å². The van der Waals surface area contributed by atoms with E-state index in [-0.39, 0.29) is 5.82 Å². The third-order valence-electron chi connectivity index (χ3n) is 3.18. The Morgan fingerprint density at radius 3 is 2.89 bits per heavy atom. The Balaban J connectivity index is 2.04. The van der Waals surface area contributed by atoms with Crippen molar-refractivity contribution < 1.29 is 20.1 Å². The molecule has 0 unspecified atom stereocenters. The zero-order chi connectivity index (χ0) is 13.6. The van der Waals surface area contributed by atoms with Crippen LogP contribution in [0, 0.1) is 0 Å². The molecule has 0 amide bonds. The van der Waals surface area contributed by atoms with Gasteiger partial charge in [0.1, 0.15) is 30.2 Å². The summed E-state index contributed by atoms with van der Waals surface area (Å²) in [7, 11) is 0. The highest BCUT2D eigenvalue weighted by molar-refractivity contribution is 5.81. The third kappa shape index (κ3) is 1.75. The monoisotopic (exact) mass is 269 g/mol. The average Bonchev–Trinajstić information content (AvgIpc) is 2.94. The molecule has 1 fully saturated rings. The summed E-state index contributed by atoms with van der Waals surface area (Å²) in [6.45, 7) is -0.390. The van der Waals surface area contributed by atoms with Gasteiger partial charge in [-0.15, -0.1) is 0 Å². The zero-order valence-electron chi connectivity index (χ0n) is 9.79. The van der Waals surface area contributed by atoms with Crippen LogP contribution in [0.15, 0.2) is 12.7 Å². The van der Waals surface area contributed by atoms with Crippen LogP contribution in [0.25, 0.3) is 11.2 Å². The molecule has 1 aliphatic rings. The van der Waals surface area contributed by atoms with E-state index in [0.717, 1.165) is 0 Å². The number of anilines is 1. The van der Waals surface area contributed by atoms with Gasteiger partial charge in [0, 0.05) is 0 Å². The first kappa shape index (κ1) is 12.2. The van der Waals surface area contributed by atoms with Gasteiger partial charge in [-0.2, -0.15) is 0 Å². The molecular formula is C10H13N5O4. The highest BCUT2D eigenvalue weighted by Gasteiger charge is 2.43. The van der Waals surface area contributed by atoms with Crippen molar-refractivity contribution in [2.75, 3.05) is 12.3 Å². The van der Waals surface area contributed by atoms with Crippen LogP contribution in [-0.4, -0.2) is 59.8 Å². The van der Waals surface area contributed by atoms with Gasteiger partial charge in [0.25, 0.3) is 0 Å². The highest BCUT2D eigenvalue weighted by atomic mass is 18.2. The number of nitrogens with two attached hydrogens (primary N) is 1. The summed E-state index contributed by atoms with van der Waals surface area (Å²) in [4.78, 5) is 11.9. The van der Waals surface area contributed by atoms with Gasteiger partial charge in [-0.3, -0.25) is 4.57 Å². The number of nitrogen functional groups attached to an aromatic ring is 1. The van der Waals surface area contributed by atoms with Crippen molar-refractivity contribution in [3.8, 4) is 0 Å². The first-order valence-electron chi connectivity index (χ1n) is 5.69. The summed E-state index contributed by atoms with van der Waals surface area (Å²) in [6, 6.07) is 0. The van der Waals surface area contributed by atoms with Crippen LogP contribution in [0.3, 0.4) is 0 Å². The molecule has 0 aliphatic carbocycles. The second-order valence-electron chi connectivity index (χ2n) is 4.31. The predicted molar refractivity (Wildman–Crippen MR) is 62.7 cm³/mol. The van der Waals surface area contributed by atoms with Crippen LogP contribution in [0.1, 0.15) is 6.23 Å². The van der Waals surface area contributed by atoms with E-state index >= 15 is 0 Å². The van der Waals surface area contributed by atoms with Crippen LogP contribution in [0.5, 0.6) is 0 Å². The maximum Gasteiger partial charge on any atom is 0.167 e. The number of rotatable bonds is 2. The van der Waals surface area contributed by atoms with Crippen molar-refractivity contribution in [3.05, 3.63) is 12.7 Å². The highest BCUT2D eigenvalue weighted by Crippen LogP contribution is 2.31. The maximum atomic E-state index is 9.95. The Bertz CT molecular complexity index is 603. The lowest BCUT2D eigenvalue weighted by Crippen LogP contribution is -2.33. The van der Waals surface area contributed by atoms with Crippen molar-refractivity contribution in [1.29, 1.82) is 0 Å². The lowest BCUT2D eigenvalue weighted by molar-refractivity contribution is -0.0511. The molecule has 9 heteroatoms. The zero-order valence-corrected chi connectivity index (χ0v) is 9.79. The number of aromatic nitrogens is 4. The Morgan fingerprint density at radius 1 is 1.42 bits per heavy atom. The van der Waals surface area contributed by atoms with Gasteiger partial charge in [-0.25, -0.2) is 15.0 Å². The molecule has 2 aromatic rings. The van der Waals surface area contributed by atoms with Gasteiger partial charge >= 0.3 is 0 Å². The SMILES string of the molecule is Nc1ncnc2c1ncn2[C@@H]1O[C@H](CO)[C@@H](O)[C@H]1[18OH]. The second kappa shape index (κ2) is 4.38. The Kier molecular flexibility index (Phi) is 2.82. The van der Waals surface area contributed by atoms with Crippen molar-refractivity contribution in [1.82, 2.24) is 19.5 Å². The maximum absolute atomic E-state index is 9.95. The Hall–Kier alpha value is -1.81. The van der Waals surface area contributed by atoms with E-state index in [0.29, 0.717) is 11.2 Å². The molecule has 1 saturated heterocycles. The molecule has 102 valence electrons. The minimum atomic E-state index is -1.19. The molecule has 3 rings (SSSR count). The molecule has 0 aromatic carbocycles. The van der Waals surface area contributed by atoms with Crippen molar-refractivity contribution in [2.24, 2.45) is 0 Å². The van der Waals surface area contributed by atoms with Gasteiger partial charge in [0.05, 0.1) is 12.9 Å². The first-order valence-corrected chi connectivity index (χ1v) is 5.69. The van der Waals surface area contributed by atoms with Crippen LogP contribution >= 0.6 is 0 Å². The molecule has 4 atom stereocenters. The molecule has 0 radical (unpaired) electrons. The summed E-state index contributed by atoms with van der Waals surface area (Å²) >= 11 is 0. The number of hydrogen-bond acceptors (Lipinski definition) is 8. The Morgan fingerprint density at radius 2 is 2.21 bits per heavy atom. The fourth-order valence-electron chi connectivity index (χ4n) is 2.17. The normalized spacial score (nSPS) is 31.1.